The second-order valence-corrected chi connectivity index (χ2v) is 7.38. The highest BCUT2D eigenvalue weighted by Gasteiger charge is 2.25. The molecule has 1 aromatic carbocycles. The molecule has 21 heavy (non-hydrogen) atoms. The third-order valence-electron chi connectivity index (χ3n) is 3.29. The Bertz CT molecular complexity index is 655. The molecule has 0 bridgehead atoms. The van der Waals surface area contributed by atoms with Crippen LogP contribution in [0, 0.1) is 0 Å². The molecule has 0 saturated carbocycles. The smallest absolute Gasteiger partial charge is 0.225 e. The summed E-state index contributed by atoms with van der Waals surface area (Å²) in [6.07, 6.45) is 0.0868. The van der Waals surface area contributed by atoms with Gasteiger partial charge in [-0.05, 0) is 19.1 Å². The molecule has 1 atom stereocenters. The Morgan fingerprint density at radius 2 is 2.14 bits per heavy atom. The topological polar surface area (TPSA) is 92.3 Å². The van der Waals surface area contributed by atoms with Crippen molar-refractivity contribution in [3.63, 3.8) is 0 Å². The average molecular weight is 310 g/mol. The third-order valence-corrected chi connectivity index (χ3v) is 5.02. The SMILES string of the molecule is CC(=O)c1cccc(NC(=O)CC2CS(=O)(=O)CCN2)c1. The number of carbonyl (C=O) groups is 2. The monoisotopic (exact) mass is 310 g/mol. The number of rotatable bonds is 4. The van der Waals surface area contributed by atoms with Crippen LogP contribution in [0.3, 0.4) is 0 Å². The number of anilines is 1. The second-order valence-electron chi connectivity index (χ2n) is 5.15. The van der Waals surface area contributed by atoms with E-state index in [0.29, 0.717) is 17.8 Å². The largest absolute Gasteiger partial charge is 0.326 e. The van der Waals surface area contributed by atoms with E-state index in [-0.39, 0.29) is 35.7 Å². The van der Waals surface area contributed by atoms with E-state index in [2.05, 4.69) is 10.6 Å². The van der Waals surface area contributed by atoms with Gasteiger partial charge in [0.2, 0.25) is 5.91 Å². The van der Waals surface area contributed by atoms with Gasteiger partial charge in [0, 0.05) is 30.3 Å². The molecule has 114 valence electrons. The van der Waals surface area contributed by atoms with Gasteiger partial charge in [-0.15, -0.1) is 0 Å². The van der Waals surface area contributed by atoms with Gasteiger partial charge in [-0.25, -0.2) is 8.42 Å². The van der Waals surface area contributed by atoms with Crippen LogP contribution in [0.1, 0.15) is 23.7 Å². The van der Waals surface area contributed by atoms with Crippen LogP contribution in [0.15, 0.2) is 24.3 Å². The zero-order valence-electron chi connectivity index (χ0n) is 11.8. The molecule has 1 saturated heterocycles. The Morgan fingerprint density at radius 1 is 1.38 bits per heavy atom. The minimum atomic E-state index is -3.06. The zero-order valence-corrected chi connectivity index (χ0v) is 12.6. The van der Waals surface area contributed by atoms with Crippen LogP contribution >= 0.6 is 0 Å². The first-order valence-corrected chi connectivity index (χ1v) is 8.52. The number of carbonyl (C=O) groups excluding carboxylic acids is 2. The van der Waals surface area contributed by atoms with E-state index < -0.39 is 9.84 Å². The summed E-state index contributed by atoms with van der Waals surface area (Å²) in [5.41, 5.74) is 1.05. The molecule has 1 heterocycles. The summed E-state index contributed by atoms with van der Waals surface area (Å²) >= 11 is 0. The predicted octanol–water partition coefficient (Wildman–Crippen LogP) is 0.604. The Balaban J connectivity index is 1.95. The lowest BCUT2D eigenvalue weighted by Crippen LogP contribution is -2.46. The van der Waals surface area contributed by atoms with Crippen molar-refractivity contribution in [1.82, 2.24) is 5.32 Å². The van der Waals surface area contributed by atoms with Gasteiger partial charge in [-0.2, -0.15) is 0 Å². The molecule has 1 aliphatic heterocycles. The van der Waals surface area contributed by atoms with E-state index in [1.54, 1.807) is 24.3 Å². The Labute approximate surface area is 123 Å². The molecule has 2 rings (SSSR count). The summed E-state index contributed by atoms with van der Waals surface area (Å²) < 4.78 is 23.0. The number of Topliss-reactive ketones (excluding diaryl/α,β-unsaturated/α-hetero) is 1. The van der Waals surface area contributed by atoms with Crippen molar-refractivity contribution in [2.45, 2.75) is 19.4 Å². The molecule has 1 aliphatic rings. The standard InChI is InChI=1S/C14H18N2O4S/c1-10(17)11-3-2-4-12(7-11)16-14(18)8-13-9-21(19,20)6-5-15-13/h2-4,7,13,15H,5-6,8-9H2,1H3,(H,16,18). The molecule has 0 aromatic heterocycles. The van der Waals surface area contributed by atoms with Crippen molar-refractivity contribution in [3.8, 4) is 0 Å². The van der Waals surface area contributed by atoms with E-state index in [9.17, 15) is 18.0 Å². The molecular formula is C14H18N2O4S. The molecular weight excluding hydrogens is 292 g/mol. The van der Waals surface area contributed by atoms with Crippen LogP contribution in [-0.4, -0.2) is 44.2 Å². The maximum atomic E-state index is 11.9. The first kappa shape index (κ1) is 15.7. The maximum Gasteiger partial charge on any atom is 0.225 e. The summed E-state index contributed by atoms with van der Waals surface area (Å²) in [5.74, 6) is -0.254. The predicted molar refractivity (Wildman–Crippen MR) is 80.1 cm³/mol. The van der Waals surface area contributed by atoms with Crippen molar-refractivity contribution in [1.29, 1.82) is 0 Å². The molecule has 7 heteroatoms. The minimum absolute atomic E-state index is 0.0199. The third kappa shape index (κ3) is 4.64. The maximum absolute atomic E-state index is 11.9. The van der Waals surface area contributed by atoms with Gasteiger partial charge in [-0.3, -0.25) is 9.59 Å². The lowest BCUT2D eigenvalue weighted by atomic mass is 10.1. The fourth-order valence-electron chi connectivity index (χ4n) is 2.25. The van der Waals surface area contributed by atoms with Crippen LogP contribution in [-0.2, 0) is 14.6 Å². The van der Waals surface area contributed by atoms with Gasteiger partial charge in [0.15, 0.2) is 15.6 Å². The first-order chi connectivity index (χ1) is 9.85. The summed E-state index contributed by atoms with van der Waals surface area (Å²) in [4.78, 5) is 23.2. The van der Waals surface area contributed by atoms with Crippen molar-refractivity contribution < 1.29 is 18.0 Å². The lowest BCUT2D eigenvalue weighted by Gasteiger charge is -2.23. The van der Waals surface area contributed by atoms with E-state index in [0.717, 1.165) is 0 Å². The number of ketones is 1. The number of sulfone groups is 1. The molecule has 0 aliphatic carbocycles. The number of nitrogens with one attached hydrogen (secondary N) is 2. The Hall–Kier alpha value is -1.73. The summed E-state index contributed by atoms with van der Waals surface area (Å²) in [6.45, 7) is 1.83. The lowest BCUT2D eigenvalue weighted by molar-refractivity contribution is -0.116. The van der Waals surface area contributed by atoms with Gasteiger partial charge in [-0.1, -0.05) is 12.1 Å². The average Bonchev–Trinajstić information content (AvgIpc) is 2.37. The summed E-state index contributed by atoms with van der Waals surface area (Å²) in [6, 6.07) is 6.29. The van der Waals surface area contributed by atoms with Crippen molar-refractivity contribution in [2.75, 3.05) is 23.4 Å². The van der Waals surface area contributed by atoms with Gasteiger partial charge in [0.1, 0.15) is 0 Å². The molecule has 1 unspecified atom stereocenters. The Kier molecular flexibility index (Phi) is 4.74. The summed E-state index contributed by atoms with van der Waals surface area (Å²) in [7, 11) is -3.06. The molecule has 2 N–H and O–H groups in total. The highest BCUT2D eigenvalue weighted by atomic mass is 32.2. The van der Waals surface area contributed by atoms with Crippen molar-refractivity contribution >= 4 is 27.2 Å². The highest BCUT2D eigenvalue weighted by molar-refractivity contribution is 7.91. The van der Waals surface area contributed by atoms with Crippen LogP contribution in [0.25, 0.3) is 0 Å². The van der Waals surface area contributed by atoms with Gasteiger partial charge in [0.25, 0.3) is 0 Å². The molecule has 1 fully saturated rings. The van der Waals surface area contributed by atoms with Gasteiger partial charge < -0.3 is 10.6 Å². The molecule has 1 aromatic rings. The number of benzene rings is 1. The van der Waals surface area contributed by atoms with Crippen LogP contribution in [0.2, 0.25) is 0 Å². The second kappa shape index (κ2) is 6.36. The first-order valence-electron chi connectivity index (χ1n) is 6.70. The van der Waals surface area contributed by atoms with Crippen molar-refractivity contribution in [2.24, 2.45) is 0 Å². The van der Waals surface area contributed by atoms with Crippen LogP contribution in [0.4, 0.5) is 5.69 Å². The zero-order chi connectivity index (χ0) is 15.5. The van der Waals surface area contributed by atoms with Crippen LogP contribution in [0.5, 0.6) is 0 Å². The molecule has 0 radical (unpaired) electrons. The fourth-order valence-corrected chi connectivity index (χ4v) is 3.69. The van der Waals surface area contributed by atoms with E-state index in [1.165, 1.54) is 6.92 Å². The molecule has 0 spiro atoms. The summed E-state index contributed by atoms with van der Waals surface area (Å²) in [5, 5.41) is 5.71. The van der Waals surface area contributed by atoms with E-state index >= 15 is 0 Å². The number of hydrogen-bond donors (Lipinski definition) is 2. The highest BCUT2D eigenvalue weighted by Crippen LogP contribution is 2.12. The van der Waals surface area contributed by atoms with E-state index in [4.69, 9.17) is 0 Å². The Morgan fingerprint density at radius 3 is 2.81 bits per heavy atom. The molecule has 1 amide bonds. The van der Waals surface area contributed by atoms with Gasteiger partial charge >= 0.3 is 0 Å². The van der Waals surface area contributed by atoms with Gasteiger partial charge in [0.05, 0.1) is 11.5 Å². The van der Waals surface area contributed by atoms with E-state index in [1.807, 2.05) is 0 Å². The van der Waals surface area contributed by atoms with Crippen molar-refractivity contribution in [3.05, 3.63) is 29.8 Å². The fraction of sp³-hybridized carbons (Fsp3) is 0.429. The number of amides is 1. The minimum Gasteiger partial charge on any atom is -0.326 e. The quantitative estimate of drug-likeness (QED) is 0.795. The number of hydrogen-bond acceptors (Lipinski definition) is 5. The normalized spacial score (nSPS) is 20.7. The molecule has 6 nitrogen and oxygen atoms in total. The van der Waals surface area contributed by atoms with Crippen LogP contribution < -0.4 is 10.6 Å².